The fraction of sp³-hybridized carbons (Fsp3) is 0. The van der Waals surface area contributed by atoms with Crippen molar-refractivity contribution >= 4 is 5.71 Å². The molecule has 0 fully saturated rings. The molecule has 0 saturated carbocycles. The second kappa shape index (κ2) is 3.65. The van der Waals surface area contributed by atoms with Gasteiger partial charge >= 0.3 is 0 Å². The van der Waals surface area contributed by atoms with Crippen molar-refractivity contribution in [1.29, 1.82) is 0 Å². The molecule has 13 heavy (non-hydrogen) atoms. The van der Waals surface area contributed by atoms with E-state index in [1.165, 1.54) is 0 Å². The number of allylic oxidation sites excluding steroid dienone is 2. The molecule has 0 aromatic carbocycles. The van der Waals surface area contributed by atoms with Crippen molar-refractivity contribution in [2.24, 2.45) is 4.99 Å². The predicted molar refractivity (Wildman–Crippen MR) is 52.6 cm³/mol. The van der Waals surface area contributed by atoms with Crippen molar-refractivity contribution in [1.82, 2.24) is 4.98 Å². The second-order valence-corrected chi connectivity index (χ2v) is 2.55. The molecule has 0 spiro atoms. The second-order valence-electron chi connectivity index (χ2n) is 2.55. The van der Waals surface area contributed by atoms with Crippen LogP contribution in [0.1, 0.15) is 5.69 Å². The van der Waals surface area contributed by atoms with Gasteiger partial charge in [-0.3, -0.25) is 9.98 Å². The minimum Gasteiger partial charge on any atom is -0.255 e. The summed E-state index contributed by atoms with van der Waals surface area (Å²) in [6, 6.07) is 5.75. The van der Waals surface area contributed by atoms with Crippen LogP contribution >= 0.6 is 0 Å². The molecule has 2 rings (SSSR count). The summed E-state index contributed by atoms with van der Waals surface area (Å²) in [5.74, 6) is 0. The highest BCUT2D eigenvalue weighted by atomic mass is 14.8. The Bertz CT molecular complexity index is 407. The van der Waals surface area contributed by atoms with E-state index in [9.17, 15) is 0 Å². The minimum absolute atomic E-state index is 0.839. The molecule has 1 aromatic heterocycles. The largest absolute Gasteiger partial charge is 0.255 e. The monoisotopic (exact) mass is 168 g/mol. The van der Waals surface area contributed by atoms with Gasteiger partial charge in [0, 0.05) is 18.5 Å². The molecule has 0 bridgehead atoms. The Morgan fingerprint density at radius 3 is 3.08 bits per heavy atom. The van der Waals surface area contributed by atoms with Crippen molar-refractivity contribution in [2.45, 2.75) is 0 Å². The van der Waals surface area contributed by atoms with E-state index in [0.717, 1.165) is 11.4 Å². The summed E-state index contributed by atoms with van der Waals surface area (Å²) in [5.41, 5.74) is 4.70. The summed E-state index contributed by atoms with van der Waals surface area (Å²) in [7, 11) is 0. The molecule has 2 heteroatoms. The fourth-order valence-electron chi connectivity index (χ4n) is 1.04. The third kappa shape index (κ3) is 1.81. The molecule has 0 saturated heterocycles. The molecule has 0 radical (unpaired) electrons. The lowest BCUT2D eigenvalue weighted by Crippen LogP contribution is -1.97. The van der Waals surface area contributed by atoms with Crippen LogP contribution in [-0.4, -0.2) is 10.7 Å². The number of aliphatic imine (C=N–C) groups is 1. The molecule has 0 N–H and O–H groups in total. The Balaban J connectivity index is 2.42. The Hall–Kier alpha value is -1.92. The van der Waals surface area contributed by atoms with Crippen molar-refractivity contribution < 1.29 is 0 Å². The van der Waals surface area contributed by atoms with Crippen LogP contribution in [0, 0.1) is 0 Å². The van der Waals surface area contributed by atoms with Crippen LogP contribution in [-0.2, 0) is 0 Å². The van der Waals surface area contributed by atoms with Crippen LogP contribution in [0.2, 0.25) is 0 Å². The van der Waals surface area contributed by atoms with Gasteiger partial charge in [0.05, 0.1) is 11.4 Å². The van der Waals surface area contributed by atoms with Crippen molar-refractivity contribution in [3.05, 3.63) is 60.2 Å². The van der Waals surface area contributed by atoms with Gasteiger partial charge < -0.3 is 0 Å². The molecule has 1 aliphatic heterocycles. The first-order valence-corrected chi connectivity index (χ1v) is 4.03. The van der Waals surface area contributed by atoms with Gasteiger partial charge in [-0.05, 0) is 24.3 Å². The summed E-state index contributed by atoms with van der Waals surface area (Å²) in [6.07, 6.45) is 8.97. The van der Waals surface area contributed by atoms with E-state index >= 15 is 0 Å². The minimum atomic E-state index is 0.839. The number of hydrogen-bond acceptors (Lipinski definition) is 2. The lowest BCUT2D eigenvalue weighted by atomic mass is 10.2. The van der Waals surface area contributed by atoms with E-state index in [4.69, 9.17) is 0 Å². The molecule has 0 aliphatic carbocycles. The first-order chi connectivity index (χ1) is 6.47. The van der Waals surface area contributed by atoms with Crippen LogP contribution in [0.25, 0.3) is 0 Å². The summed E-state index contributed by atoms with van der Waals surface area (Å²) in [4.78, 5) is 8.41. The molecular formula is C11H8N2. The molecule has 1 aromatic rings. The lowest BCUT2D eigenvalue weighted by Gasteiger charge is -1.95. The van der Waals surface area contributed by atoms with Crippen molar-refractivity contribution in [2.75, 3.05) is 0 Å². The maximum Gasteiger partial charge on any atom is 0.0962 e. The Labute approximate surface area is 76.7 Å². The molecule has 0 amide bonds. The SMILES string of the molecule is C1=CC=CN=C(c2ccccn2)C=1. The van der Waals surface area contributed by atoms with Gasteiger partial charge in [0.2, 0.25) is 0 Å². The third-order valence-corrected chi connectivity index (χ3v) is 1.64. The molecule has 2 nitrogen and oxygen atoms in total. The number of rotatable bonds is 1. The van der Waals surface area contributed by atoms with E-state index in [-0.39, 0.29) is 0 Å². The Morgan fingerprint density at radius 1 is 1.23 bits per heavy atom. The number of nitrogens with zero attached hydrogens (tertiary/aromatic N) is 2. The quantitative estimate of drug-likeness (QED) is 0.589. The van der Waals surface area contributed by atoms with Crippen LogP contribution < -0.4 is 0 Å². The number of pyridine rings is 1. The molecule has 62 valence electrons. The van der Waals surface area contributed by atoms with Crippen molar-refractivity contribution in [3.63, 3.8) is 0 Å². The molecule has 0 unspecified atom stereocenters. The van der Waals surface area contributed by atoms with E-state index in [1.54, 1.807) is 12.4 Å². The summed E-state index contributed by atoms with van der Waals surface area (Å²) >= 11 is 0. The highest BCUT2D eigenvalue weighted by Crippen LogP contribution is 2.00. The standard InChI is InChI=1S/C11H8N2/c1-2-6-10(12-8-4-1)11-7-3-5-9-13-11/h1,3-9H. The summed E-state index contributed by atoms with van der Waals surface area (Å²) in [6.45, 7) is 0. The maximum absolute atomic E-state index is 4.22. The number of aromatic nitrogens is 1. The van der Waals surface area contributed by atoms with Gasteiger partial charge in [-0.25, -0.2) is 0 Å². The first-order valence-electron chi connectivity index (χ1n) is 4.03. The molecule has 2 heterocycles. The first kappa shape index (κ1) is 7.71. The van der Waals surface area contributed by atoms with Gasteiger partial charge in [-0.15, -0.1) is 5.73 Å². The van der Waals surface area contributed by atoms with Crippen LogP contribution in [0.4, 0.5) is 0 Å². The van der Waals surface area contributed by atoms with Crippen LogP contribution in [0.15, 0.2) is 59.5 Å². The van der Waals surface area contributed by atoms with E-state index in [2.05, 4.69) is 15.7 Å². The Kier molecular flexibility index (Phi) is 2.17. The zero-order valence-corrected chi connectivity index (χ0v) is 7.01. The fourth-order valence-corrected chi connectivity index (χ4v) is 1.04. The molecular weight excluding hydrogens is 160 g/mol. The topological polar surface area (TPSA) is 25.2 Å². The normalized spacial score (nSPS) is 14.0. The molecule has 0 atom stereocenters. The molecule has 1 aliphatic rings. The zero-order chi connectivity index (χ0) is 8.93. The lowest BCUT2D eigenvalue weighted by molar-refractivity contribution is 1.29. The van der Waals surface area contributed by atoms with Crippen LogP contribution in [0.5, 0.6) is 0 Å². The van der Waals surface area contributed by atoms with E-state index in [0.29, 0.717) is 0 Å². The van der Waals surface area contributed by atoms with Gasteiger partial charge in [-0.2, -0.15) is 0 Å². The zero-order valence-electron chi connectivity index (χ0n) is 7.01. The van der Waals surface area contributed by atoms with Gasteiger partial charge in [0.25, 0.3) is 0 Å². The highest BCUT2D eigenvalue weighted by Gasteiger charge is 1.98. The predicted octanol–water partition coefficient (Wildman–Crippen LogP) is 2.11. The average Bonchev–Trinajstić information content (AvgIpc) is 2.47. The highest BCUT2D eigenvalue weighted by molar-refractivity contribution is 6.07. The maximum atomic E-state index is 4.22. The smallest absolute Gasteiger partial charge is 0.0962 e. The van der Waals surface area contributed by atoms with Gasteiger partial charge in [0.15, 0.2) is 0 Å². The van der Waals surface area contributed by atoms with Gasteiger partial charge in [-0.1, -0.05) is 6.07 Å². The number of hydrogen-bond donors (Lipinski definition) is 0. The third-order valence-electron chi connectivity index (χ3n) is 1.64. The van der Waals surface area contributed by atoms with Crippen molar-refractivity contribution in [3.8, 4) is 0 Å². The Morgan fingerprint density at radius 2 is 2.23 bits per heavy atom. The summed E-state index contributed by atoms with van der Waals surface area (Å²) in [5, 5.41) is 0. The van der Waals surface area contributed by atoms with E-state index < -0.39 is 0 Å². The van der Waals surface area contributed by atoms with Crippen LogP contribution in [0.3, 0.4) is 0 Å². The average molecular weight is 168 g/mol. The van der Waals surface area contributed by atoms with E-state index in [1.807, 2.05) is 36.4 Å². The van der Waals surface area contributed by atoms with Gasteiger partial charge in [0.1, 0.15) is 0 Å². The summed E-state index contributed by atoms with van der Waals surface area (Å²) < 4.78 is 0.